The van der Waals surface area contributed by atoms with Crippen LogP contribution in [0.4, 0.5) is 14.5 Å². The van der Waals surface area contributed by atoms with Crippen molar-refractivity contribution in [3.05, 3.63) is 22.2 Å². The Kier molecular flexibility index (Phi) is 3.25. The number of hydrogen-bond donors (Lipinski definition) is 1. The highest BCUT2D eigenvalue weighted by atomic mass is 79.9. The number of rotatable bonds is 2. The maximum atomic E-state index is 11.8. The summed E-state index contributed by atoms with van der Waals surface area (Å²) in [5, 5.41) is 8.62. The topological polar surface area (TPSA) is 59.0 Å². The van der Waals surface area contributed by atoms with Crippen LogP contribution in [0.25, 0.3) is 0 Å². The summed E-state index contributed by atoms with van der Waals surface area (Å²) in [7, 11) is 0. The average molecular weight is 263 g/mol. The van der Waals surface area contributed by atoms with Crippen molar-refractivity contribution >= 4 is 21.6 Å². The van der Waals surface area contributed by atoms with E-state index in [0.717, 1.165) is 0 Å². The minimum absolute atomic E-state index is 0.0802. The lowest BCUT2D eigenvalue weighted by molar-refractivity contribution is -0.0498. The fourth-order valence-electron chi connectivity index (χ4n) is 0.891. The highest BCUT2D eigenvalue weighted by molar-refractivity contribution is 9.10. The third-order valence-corrected chi connectivity index (χ3v) is 2.06. The maximum absolute atomic E-state index is 11.8. The number of nitrogens with zero attached hydrogens (tertiary/aromatic N) is 1. The van der Waals surface area contributed by atoms with Crippen LogP contribution in [0, 0.1) is 11.3 Å². The predicted octanol–water partition coefficient (Wildman–Crippen LogP) is 2.50. The van der Waals surface area contributed by atoms with Crippen LogP contribution in [0.15, 0.2) is 16.6 Å². The van der Waals surface area contributed by atoms with Crippen molar-refractivity contribution in [1.29, 1.82) is 5.26 Å². The van der Waals surface area contributed by atoms with E-state index in [9.17, 15) is 8.78 Å². The van der Waals surface area contributed by atoms with Crippen LogP contribution in [0.2, 0.25) is 0 Å². The molecular weight excluding hydrogens is 258 g/mol. The predicted molar refractivity (Wildman–Crippen MR) is 49.9 cm³/mol. The van der Waals surface area contributed by atoms with Crippen molar-refractivity contribution in [3.8, 4) is 11.8 Å². The lowest BCUT2D eigenvalue weighted by Crippen LogP contribution is -2.03. The summed E-state index contributed by atoms with van der Waals surface area (Å²) < 4.78 is 28.1. The SMILES string of the molecule is N#Cc1c(N)cc(OC(F)F)cc1Br. The van der Waals surface area contributed by atoms with E-state index < -0.39 is 6.61 Å². The minimum atomic E-state index is -2.91. The second-order valence-corrected chi connectivity index (χ2v) is 3.21. The first kappa shape index (κ1) is 10.7. The Balaban J connectivity index is 3.09. The van der Waals surface area contributed by atoms with Crippen LogP contribution in [-0.4, -0.2) is 6.61 Å². The van der Waals surface area contributed by atoms with Gasteiger partial charge in [-0.2, -0.15) is 14.0 Å². The van der Waals surface area contributed by atoms with Gasteiger partial charge in [-0.05, 0) is 22.0 Å². The van der Waals surface area contributed by atoms with E-state index in [0.29, 0.717) is 4.47 Å². The van der Waals surface area contributed by atoms with Gasteiger partial charge < -0.3 is 10.5 Å². The summed E-state index contributed by atoms with van der Waals surface area (Å²) in [6.07, 6.45) is 0. The second kappa shape index (κ2) is 4.24. The van der Waals surface area contributed by atoms with Gasteiger partial charge in [0.25, 0.3) is 0 Å². The Labute approximate surface area is 87.2 Å². The smallest absolute Gasteiger partial charge is 0.387 e. The number of nitrogen functional groups attached to an aromatic ring is 1. The van der Waals surface area contributed by atoms with E-state index in [1.807, 2.05) is 6.07 Å². The van der Waals surface area contributed by atoms with Crippen molar-refractivity contribution in [3.63, 3.8) is 0 Å². The first-order valence-electron chi connectivity index (χ1n) is 3.48. The van der Waals surface area contributed by atoms with Crippen LogP contribution in [0.1, 0.15) is 5.56 Å². The Morgan fingerprint density at radius 3 is 2.57 bits per heavy atom. The van der Waals surface area contributed by atoms with Crippen LogP contribution < -0.4 is 10.5 Å². The fraction of sp³-hybridized carbons (Fsp3) is 0.125. The van der Waals surface area contributed by atoms with Gasteiger partial charge in [-0.3, -0.25) is 0 Å². The number of benzene rings is 1. The third kappa shape index (κ3) is 2.33. The van der Waals surface area contributed by atoms with Crippen molar-refractivity contribution in [2.75, 3.05) is 5.73 Å². The molecule has 0 aromatic heterocycles. The largest absolute Gasteiger partial charge is 0.435 e. The van der Waals surface area contributed by atoms with Gasteiger partial charge in [0.15, 0.2) is 0 Å². The highest BCUT2D eigenvalue weighted by Gasteiger charge is 2.10. The highest BCUT2D eigenvalue weighted by Crippen LogP contribution is 2.28. The quantitative estimate of drug-likeness (QED) is 0.834. The monoisotopic (exact) mass is 262 g/mol. The number of nitriles is 1. The van der Waals surface area contributed by atoms with Crippen molar-refractivity contribution in [1.82, 2.24) is 0 Å². The molecule has 14 heavy (non-hydrogen) atoms. The van der Waals surface area contributed by atoms with Gasteiger partial charge in [-0.25, -0.2) is 0 Å². The van der Waals surface area contributed by atoms with E-state index in [2.05, 4.69) is 20.7 Å². The van der Waals surface area contributed by atoms with Crippen molar-refractivity contribution in [2.24, 2.45) is 0 Å². The molecule has 0 aliphatic rings. The summed E-state index contributed by atoms with van der Waals surface area (Å²) in [6, 6.07) is 4.27. The zero-order valence-electron chi connectivity index (χ0n) is 6.80. The number of nitrogens with two attached hydrogens (primary N) is 1. The molecule has 0 bridgehead atoms. The molecule has 1 aromatic carbocycles. The normalized spacial score (nSPS) is 9.93. The summed E-state index contributed by atoms with van der Waals surface area (Å²) in [4.78, 5) is 0. The molecule has 0 atom stereocenters. The molecule has 0 unspecified atom stereocenters. The molecule has 1 aromatic rings. The molecule has 0 radical (unpaired) electrons. The molecule has 2 N–H and O–H groups in total. The first-order chi connectivity index (χ1) is 6.54. The molecular formula is C8H5BrF2N2O. The molecule has 0 aliphatic heterocycles. The summed E-state index contributed by atoms with van der Waals surface area (Å²) in [5.41, 5.74) is 5.73. The van der Waals surface area contributed by atoms with Crippen LogP contribution in [0.5, 0.6) is 5.75 Å². The van der Waals surface area contributed by atoms with Crippen LogP contribution >= 0.6 is 15.9 Å². The Morgan fingerprint density at radius 1 is 1.50 bits per heavy atom. The van der Waals surface area contributed by atoms with Crippen LogP contribution in [0.3, 0.4) is 0 Å². The van der Waals surface area contributed by atoms with Gasteiger partial charge in [0.1, 0.15) is 11.8 Å². The van der Waals surface area contributed by atoms with Gasteiger partial charge in [-0.1, -0.05) is 0 Å². The summed E-state index contributed by atoms with van der Waals surface area (Å²) in [5.74, 6) is -0.0802. The average Bonchev–Trinajstić information content (AvgIpc) is 2.01. The molecule has 0 saturated carbocycles. The second-order valence-electron chi connectivity index (χ2n) is 2.36. The maximum Gasteiger partial charge on any atom is 0.387 e. The number of hydrogen-bond acceptors (Lipinski definition) is 3. The molecule has 1 rings (SSSR count). The van der Waals surface area contributed by atoms with Gasteiger partial charge in [0.05, 0.1) is 11.3 Å². The fourth-order valence-corrected chi connectivity index (χ4v) is 1.43. The molecule has 3 nitrogen and oxygen atoms in total. The molecule has 0 saturated heterocycles. The zero-order valence-corrected chi connectivity index (χ0v) is 8.38. The minimum Gasteiger partial charge on any atom is -0.435 e. The Bertz CT molecular complexity index is 366. The molecule has 0 fully saturated rings. The zero-order chi connectivity index (χ0) is 10.7. The molecule has 0 amide bonds. The molecule has 74 valence electrons. The van der Waals surface area contributed by atoms with Crippen molar-refractivity contribution in [2.45, 2.75) is 6.61 Å². The summed E-state index contributed by atoms with van der Waals surface area (Å²) >= 11 is 3.02. The molecule has 0 spiro atoms. The van der Waals surface area contributed by atoms with E-state index >= 15 is 0 Å². The van der Waals surface area contributed by atoms with Gasteiger partial charge in [0, 0.05) is 10.5 Å². The third-order valence-electron chi connectivity index (χ3n) is 1.43. The van der Waals surface area contributed by atoms with E-state index in [1.54, 1.807) is 0 Å². The Morgan fingerprint density at radius 2 is 2.14 bits per heavy atom. The molecule has 0 aliphatic carbocycles. The van der Waals surface area contributed by atoms with Gasteiger partial charge in [-0.15, -0.1) is 0 Å². The lowest BCUT2D eigenvalue weighted by atomic mass is 10.2. The lowest BCUT2D eigenvalue weighted by Gasteiger charge is -2.07. The number of halogens is 3. The van der Waals surface area contributed by atoms with Gasteiger partial charge >= 0.3 is 6.61 Å². The molecule has 0 heterocycles. The Hall–Kier alpha value is -1.35. The number of anilines is 1. The number of alkyl halides is 2. The standard InChI is InChI=1S/C8H5BrF2N2O/c9-6-1-4(14-8(10)11)2-7(13)5(6)3-12/h1-2,8H,13H2. The van der Waals surface area contributed by atoms with Crippen molar-refractivity contribution < 1.29 is 13.5 Å². The summed E-state index contributed by atoms with van der Waals surface area (Å²) in [6.45, 7) is -2.91. The molecule has 6 heteroatoms. The van der Waals surface area contributed by atoms with E-state index in [-0.39, 0.29) is 17.0 Å². The van der Waals surface area contributed by atoms with Crippen LogP contribution in [-0.2, 0) is 0 Å². The van der Waals surface area contributed by atoms with E-state index in [1.165, 1.54) is 12.1 Å². The number of ether oxygens (including phenoxy) is 1. The van der Waals surface area contributed by atoms with Gasteiger partial charge in [0.2, 0.25) is 0 Å². The van der Waals surface area contributed by atoms with E-state index in [4.69, 9.17) is 11.0 Å². The first-order valence-corrected chi connectivity index (χ1v) is 4.28.